The van der Waals surface area contributed by atoms with Crippen molar-refractivity contribution in [2.24, 2.45) is 5.92 Å². The molecule has 1 amide bonds. The van der Waals surface area contributed by atoms with Gasteiger partial charge in [-0.15, -0.1) is 0 Å². The van der Waals surface area contributed by atoms with Gasteiger partial charge in [-0.05, 0) is 24.5 Å². The van der Waals surface area contributed by atoms with Gasteiger partial charge in [0.2, 0.25) is 5.91 Å². The first-order chi connectivity index (χ1) is 9.58. The van der Waals surface area contributed by atoms with Gasteiger partial charge in [0.05, 0.1) is 12.5 Å². The number of carboxylic acid groups (broad SMARTS) is 1. The number of rotatable bonds is 5. The molecule has 0 unspecified atom stereocenters. The first-order valence-corrected chi connectivity index (χ1v) is 6.73. The summed E-state index contributed by atoms with van der Waals surface area (Å²) in [5, 5.41) is 11.9. The van der Waals surface area contributed by atoms with Crippen molar-refractivity contribution in [3.63, 3.8) is 0 Å². The first-order valence-electron chi connectivity index (χ1n) is 6.73. The van der Waals surface area contributed by atoms with Crippen molar-refractivity contribution in [2.45, 2.75) is 25.8 Å². The van der Waals surface area contributed by atoms with Crippen molar-refractivity contribution in [2.75, 3.05) is 13.2 Å². The summed E-state index contributed by atoms with van der Waals surface area (Å²) < 4.78 is 5.15. The Kier molecular flexibility index (Phi) is 4.74. The highest BCUT2D eigenvalue weighted by Crippen LogP contribution is 2.14. The molecule has 1 aliphatic rings. The first kappa shape index (κ1) is 14.5. The van der Waals surface area contributed by atoms with E-state index in [1.54, 1.807) is 0 Å². The highest BCUT2D eigenvalue weighted by molar-refractivity contribution is 5.85. The van der Waals surface area contributed by atoms with Gasteiger partial charge in [0.1, 0.15) is 6.04 Å². The van der Waals surface area contributed by atoms with E-state index < -0.39 is 12.0 Å². The summed E-state index contributed by atoms with van der Waals surface area (Å²) in [5.74, 6) is -1.47. The summed E-state index contributed by atoms with van der Waals surface area (Å²) >= 11 is 0. The van der Waals surface area contributed by atoms with Crippen LogP contribution in [0.5, 0.6) is 0 Å². The minimum Gasteiger partial charge on any atom is -0.480 e. The Morgan fingerprint density at radius 1 is 1.45 bits per heavy atom. The van der Waals surface area contributed by atoms with Crippen LogP contribution in [0, 0.1) is 12.8 Å². The normalized spacial score (nSPS) is 19.6. The van der Waals surface area contributed by atoms with Crippen molar-refractivity contribution >= 4 is 11.9 Å². The summed E-state index contributed by atoms with van der Waals surface area (Å²) in [7, 11) is 0. The zero-order valence-corrected chi connectivity index (χ0v) is 11.5. The zero-order chi connectivity index (χ0) is 14.5. The lowest BCUT2D eigenvalue weighted by Gasteiger charge is -2.17. The van der Waals surface area contributed by atoms with Gasteiger partial charge in [0, 0.05) is 13.0 Å². The Morgan fingerprint density at radius 3 is 2.80 bits per heavy atom. The highest BCUT2D eigenvalue weighted by atomic mass is 16.5. The maximum Gasteiger partial charge on any atom is 0.326 e. The summed E-state index contributed by atoms with van der Waals surface area (Å²) in [6.45, 7) is 2.87. The number of aryl methyl sites for hydroxylation is 1. The second kappa shape index (κ2) is 6.52. The van der Waals surface area contributed by atoms with E-state index in [0.29, 0.717) is 26.1 Å². The van der Waals surface area contributed by atoms with E-state index in [2.05, 4.69) is 5.32 Å². The molecule has 1 aliphatic heterocycles. The average molecular weight is 277 g/mol. The Labute approximate surface area is 117 Å². The molecular weight excluding hydrogens is 258 g/mol. The van der Waals surface area contributed by atoms with E-state index in [1.807, 2.05) is 31.2 Å². The quantitative estimate of drug-likeness (QED) is 0.846. The number of carbonyl (C=O) groups excluding carboxylic acids is 1. The van der Waals surface area contributed by atoms with Crippen LogP contribution in [0.3, 0.4) is 0 Å². The number of hydrogen-bond acceptors (Lipinski definition) is 3. The van der Waals surface area contributed by atoms with Crippen LogP contribution in [0.4, 0.5) is 0 Å². The molecule has 0 aliphatic carbocycles. The molecule has 2 rings (SSSR count). The minimum atomic E-state index is -1.01. The van der Waals surface area contributed by atoms with Gasteiger partial charge in [0.25, 0.3) is 0 Å². The Hall–Kier alpha value is -1.88. The molecular formula is C15H19NO4. The molecule has 20 heavy (non-hydrogen) atoms. The van der Waals surface area contributed by atoms with E-state index in [9.17, 15) is 14.7 Å². The van der Waals surface area contributed by atoms with Crippen LogP contribution < -0.4 is 5.32 Å². The maximum absolute atomic E-state index is 12.0. The van der Waals surface area contributed by atoms with Crippen LogP contribution in [0.1, 0.15) is 17.5 Å². The highest BCUT2D eigenvalue weighted by Gasteiger charge is 2.28. The molecule has 108 valence electrons. The van der Waals surface area contributed by atoms with Gasteiger partial charge in [-0.25, -0.2) is 4.79 Å². The summed E-state index contributed by atoms with van der Waals surface area (Å²) in [6.07, 6.45) is 0.948. The van der Waals surface area contributed by atoms with Crippen molar-refractivity contribution < 1.29 is 19.4 Å². The zero-order valence-electron chi connectivity index (χ0n) is 11.5. The Bertz CT molecular complexity index is 494. The Balaban J connectivity index is 2.02. The van der Waals surface area contributed by atoms with Crippen LogP contribution in [-0.4, -0.2) is 36.2 Å². The van der Waals surface area contributed by atoms with E-state index in [1.165, 1.54) is 0 Å². The topological polar surface area (TPSA) is 75.6 Å². The molecule has 0 bridgehead atoms. The maximum atomic E-state index is 12.0. The van der Waals surface area contributed by atoms with Crippen LogP contribution in [0.2, 0.25) is 0 Å². The molecule has 1 aromatic carbocycles. The molecule has 1 heterocycles. The van der Waals surface area contributed by atoms with Gasteiger partial charge in [-0.1, -0.05) is 24.3 Å². The number of hydrogen-bond donors (Lipinski definition) is 2. The summed E-state index contributed by atoms with van der Waals surface area (Å²) in [4.78, 5) is 23.3. The Morgan fingerprint density at radius 2 is 2.20 bits per heavy atom. The largest absolute Gasteiger partial charge is 0.480 e. The molecule has 2 atom stereocenters. The lowest BCUT2D eigenvalue weighted by molar-refractivity contribution is -0.142. The molecule has 0 radical (unpaired) electrons. The van der Waals surface area contributed by atoms with Gasteiger partial charge >= 0.3 is 5.97 Å². The van der Waals surface area contributed by atoms with Gasteiger partial charge in [0.15, 0.2) is 0 Å². The predicted octanol–water partition coefficient (Wildman–Crippen LogP) is 1.14. The monoisotopic (exact) mass is 277 g/mol. The molecule has 0 spiro atoms. The van der Waals surface area contributed by atoms with Crippen LogP contribution >= 0.6 is 0 Å². The van der Waals surface area contributed by atoms with Crippen molar-refractivity contribution in [3.8, 4) is 0 Å². The SMILES string of the molecule is Cc1ccccc1C[C@H](NC(=O)[C@@H]1CCOC1)C(=O)O. The number of aliphatic carboxylic acids is 1. The van der Waals surface area contributed by atoms with Crippen LogP contribution in [0.15, 0.2) is 24.3 Å². The molecule has 5 heteroatoms. The van der Waals surface area contributed by atoms with Crippen LogP contribution in [0.25, 0.3) is 0 Å². The molecule has 5 nitrogen and oxygen atoms in total. The van der Waals surface area contributed by atoms with E-state index in [4.69, 9.17) is 4.74 Å². The lowest BCUT2D eigenvalue weighted by atomic mass is 10.00. The number of carbonyl (C=O) groups is 2. The summed E-state index contributed by atoms with van der Waals surface area (Å²) in [6, 6.07) is 6.69. The van der Waals surface area contributed by atoms with Gasteiger partial charge < -0.3 is 15.2 Å². The van der Waals surface area contributed by atoms with E-state index >= 15 is 0 Å². The number of ether oxygens (including phenoxy) is 1. The number of nitrogens with one attached hydrogen (secondary N) is 1. The smallest absolute Gasteiger partial charge is 0.326 e. The second-order valence-electron chi connectivity index (χ2n) is 5.09. The minimum absolute atomic E-state index is 0.228. The lowest BCUT2D eigenvalue weighted by Crippen LogP contribution is -2.45. The molecule has 1 aromatic rings. The van der Waals surface area contributed by atoms with E-state index in [0.717, 1.165) is 11.1 Å². The third-order valence-electron chi connectivity index (χ3n) is 3.60. The average Bonchev–Trinajstić information content (AvgIpc) is 2.94. The molecule has 1 saturated heterocycles. The predicted molar refractivity (Wildman–Crippen MR) is 73.4 cm³/mol. The fourth-order valence-corrected chi connectivity index (χ4v) is 2.29. The molecule has 0 aromatic heterocycles. The third kappa shape index (κ3) is 3.57. The van der Waals surface area contributed by atoms with Gasteiger partial charge in [-0.3, -0.25) is 4.79 Å². The van der Waals surface area contributed by atoms with Crippen molar-refractivity contribution in [1.82, 2.24) is 5.32 Å². The van der Waals surface area contributed by atoms with Crippen molar-refractivity contribution in [1.29, 1.82) is 0 Å². The summed E-state index contributed by atoms with van der Waals surface area (Å²) in [5.41, 5.74) is 1.96. The second-order valence-corrected chi connectivity index (χ2v) is 5.09. The number of amides is 1. The molecule has 1 fully saturated rings. The fourth-order valence-electron chi connectivity index (χ4n) is 2.29. The van der Waals surface area contributed by atoms with Gasteiger partial charge in [-0.2, -0.15) is 0 Å². The molecule has 2 N–H and O–H groups in total. The molecule has 0 saturated carbocycles. The standard InChI is InChI=1S/C15H19NO4/c1-10-4-2-3-5-11(10)8-13(15(18)19)16-14(17)12-6-7-20-9-12/h2-5,12-13H,6-9H2,1H3,(H,16,17)(H,18,19)/t12-,13+/m1/s1. The van der Waals surface area contributed by atoms with E-state index in [-0.39, 0.29) is 11.8 Å². The van der Waals surface area contributed by atoms with Crippen molar-refractivity contribution in [3.05, 3.63) is 35.4 Å². The van der Waals surface area contributed by atoms with Crippen LogP contribution in [-0.2, 0) is 20.7 Å². The fraction of sp³-hybridized carbons (Fsp3) is 0.467. The third-order valence-corrected chi connectivity index (χ3v) is 3.60. The number of benzene rings is 1. The number of carboxylic acids is 1.